The topological polar surface area (TPSA) is 58.7 Å². The maximum atomic E-state index is 13.0. The fourth-order valence-corrected chi connectivity index (χ4v) is 4.05. The van der Waals surface area contributed by atoms with E-state index in [2.05, 4.69) is 18.2 Å². The largest absolute Gasteiger partial charge is 0.283 e. The second-order valence-corrected chi connectivity index (χ2v) is 7.74. The van der Waals surface area contributed by atoms with Gasteiger partial charge in [0.15, 0.2) is 5.16 Å². The van der Waals surface area contributed by atoms with Crippen molar-refractivity contribution >= 4 is 11.8 Å². The van der Waals surface area contributed by atoms with Gasteiger partial charge in [0.2, 0.25) is 0 Å². The normalized spacial score (nSPS) is 10.5. The van der Waals surface area contributed by atoms with Crippen LogP contribution in [-0.2, 0) is 12.3 Å². The zero-order valence-electron chi connectivity index (χ0n) is 16.2. The summed E-state index contributed by atoms with van der Waals surface area (Å²) in [4.78, 5) is 17.9. The van der Waals surface area contributed by atoms with Gasteiger partial charge in [-0.05, 0) is 23.3 Å². The number of hydrogen-bond donors (Lipinski definition) is 0. The van der Waals surface area contributed by atoms with Crippen molar-refractivity contribution in [2.24, 2.45) is 0 Å². The molecule has 4 aromatic rings. The van der Waals surface area contributed by atoms with Crippen LogP contribution < -0.4 is 5.56 Å². The van der Waals surface area contributed by atoms with Crippen LogP contribution in [0.15, 0.2) is 101 Å². The van der Waals surface area contributed by atoms with Gasteiger partial charge in [0.1, 0.15) is 0 Å². The summed E-state index contributed by atoms with van der Waals surface area (Å²) in [5.74, 6) is 0.721. The van der Waals surface area contributed by atoms with Gasteiger partial charge < -0.3 is 0 Å². The molecule has 0 aliphatic carbocycles. The number of nitriles is 1. The minimum atomic E-state index is -0.0937. The Morgan fingerprint density at radius 2 is 1.53 bits per heavy atom. The molecule has 0 bridgehead atoms. The zero-order valence-corrected chi connectivity index (χ0v) is 17.0. The SMILES string of the molecule is N#Cc1ccc(Cn2c(SCc3ccccc3)nc(-c3ccccc3)cc2=O)cc1. The molecule has 4 rings (SSSR count). The highest BCUT2D eigenvalue weighted by molar-refractivity contribution is 7.98. The Labute approximate surface area is 179 Å². The molecule has 0 aliphatic heterocycles. The molecule has 0 unspecified atom stereocenters. The average Bonchev–Trinajstić information content (AvgIpc) is 2.81. The molecule has 4 nitrogen and oxygen atoms in total. The molecule has 0 amide bonds. The molecule has 5 heteroatoms. The van der Waals surface area contributed by atoms with Crippen molar-refractivity contribution in [3.8, 4) is 17.3 Å². The van der Waals surface area contributed by atoms with Crippen molar-refractivity contribution in [1.82, 2.24) is 9.55 Å². The minimum absolute atomic E-state index is 0.0937. The fourth-order valence-electron chi connectivity index (χ4n) is 3.09. The van der Waals surface area contributed by atoms with Crippen molar-refractivity contribution in [2.75, 3.05) is 0 Å². The molecule has 146 valence electrons. The third-order valence-corrected chi connectivity index (χ3v) is 5.72. The van der Waals surface area contributed by atoms with Crippen LogP contribution in [0.2, 0.25) is 0 Å². The Morgan fingerprint density at radius 3 is 2.20 bits per heavy atom. The summed E-state index contributed by atoms with van der Waals surface area (Å²) in [6.45, 7) is 0.406. The molecule has 0 saturated heterocycles. The van der Waals surface area contributed by atoms with Crippen LogP contribution in [0.5, 0.6) is 0 Å². The first-order valence-electron chi connectivity index (χ1n) is 9.56. The summed E-state index contributed by atoms with van der Waals surface area (Å²) >= 11 is 1.55. The first-order valence-corrected chi connectivity index (χ1v) is 10.5. The highest BCUT2D eigenvalue weighted by atomic mass is 32.2. The minimum Gasteiger partial charge on any atom is -0.283 e. The van der Waals surface area contributed by atoms with Crippen molar-refractivity contribution < 1.29 is 0 Å². The van der Waals surface area contributed by atoms with E-state index in [-0.39, 0.29) is 5.56 Å². The second-order valence-electron chi connectivity index (χ2n) is 6.80. The van der Waals surface area contributed by atoms with E-state index in [4.69, 9.17) is 10.2 Å². The maximum absolute atomic E-state index is 13.0. The van der Waals surface area contributed by atoms with Gasteiger partial charge >= 0.3 is 0 Å². The summed E-state index contributed by atoms with van der Waals surface area (Å²) in [5.41, 5.74) is 4.22. The van der Waals surface area contributed by atoms with Crippen LogP contribution >= 0.6 is 11.8 Å². The summed E-state index contributed by atoms with van der Waals surface area (Å²) in [5, 5.41) is 9.68. The third kappa shape index (κ3) is 4.68. The smallest absolute Gasteiger partial charge is 0.255 e. The summed E-state index contributed by atoms with van der Waals surface area (Å²) < 4.78 is 1.70. The van der Waals surface area contributed by atoms with Crippen LogP contribution in [0.3, 0.4) is 0 Å². The average molecular weight is 410 g/mol. The summed E-state index contributed by atoms with van der Waals surface area (Å²) in [6.07, 6.45) is 0. The van der Waals surface area contributed by atoms with Crippen LogP contribution in [0.1, 0.15) is 16.7 Å². The predicted molar refractivity (Wildman–Crippen MR) is 120 cm³/mol. The van der Waals surface area contributed by atoms with E-state index in [1.165, 1.54) is 5.56 Å². The molecule has 0 aliphatic rings. The number of rotatable bonds is 6. The van der Waals surface area contributed by atoms with Gasteiger partial charge in [0.05, 0.1) is 23.9 Å². The summed E-state index contributed by atoms with van der Waals surface area (Å²) in [6, 6.07) is 30.9. The molecular formula is C25H19N3OS. The van der Waals surface area contributed by atoms with E-state index < -0.39 is 0 Å². The van der Waals surface area contributed by atoms with Gasteiger partial charge in [-0.15, -0.1) is 0 Å². The van der Waals surface area contributed by atoms with E-state index >= 15 is 0 Å². The Balaban J connectivity index is 1.71. The van der Waals surface area contributed by atoms with E-state index in [0.29, 0.717) is 23.0 Å². The first kappa shape index (κ1) is 19.7. The van der Waals surface area contributed by atoms with Crippen molar-refractivity contribution in [3.63, 3.8) is 0 Å². The molecule has 0 fully saturated rings. The van der Waals surface area contributed by atoms with Crippen molar-refractivity contribution in [3.05, 3.63) is 118 Å². The Kier molecular flexibility index (Phi) is 6.07. The van der Waals surface area contributed by atoms with Crippen LogP contribution in [0, 0.1) is 11.3 Å². The molecule has 0 spiro atoms. The number of nitrogens with zero attached hydrogens (tertiary/aromatic N) is 3. The molecule has 1 heterocycles. The van der Waals surface area contributed by atoms with Gasteiger partial charge in [-0.3, -0.25) is 9.36 Å². The van der Waals surface area contributed by atoms with Crippen LogP contribution in [-0.4, -0.2) is 9.55 Å². The zero-order chi connectivity index (χ0) is 20.8. The van der Waals surface area contributed by atoms with E-state index in [9.17, 15) is 4.79 Å². The Morgan fingerprint density at radius 1 is 0.867 bits per heavy atom. The number of aromatic nitrogens is 2. The lowest BCUT2D eigenvalue weighted by Crippen LogP contribution is -2.23. The van der Waals surface area contributed by atoms with Gasteiger partial charge in [-0.2, -0.15) is 5.26 Å². The van der Waals surface area contributed by atoms with Crippen molar-refractivity contribution in [1.29, 1.82) is 5.26 Å². The molecule has 30 heavy (non-hydrogen) atoms. The maximum Gasteiger partial charge on any atom is 0.255 e. The number of hydrogen-bond acceptors (Lipinski definition) is 4. The highest BCUT2D eigenvalue weighted by Crippen LogP contribution is 2.24. The van der Waals surface area contributed by atoms with E-state index in [1.54, 1.807) is 34.5 Å². The lowest BCUT2D eigenvalue weighted by atomic mass is 10.1. The molecule has 3 aromatic carbocycles. The van der Waals surface area contributed by atoms with Crippen LogP contribution in [0.25, 0.3) is 11.3 Å². The standard InChI is InChI=1S/C25H19N3OS/c26-16-19-11-13-20(14-12-19)17-28-24(29)15-23(22-9-5-2-6-10-22)27-25(28)30-18-21-7-3-1-4-8-21/h1-15H,17-18H2. The Bertz CT molecular complexity index is 1230. The third-order valence-electron chi connectivity index (χ3n) is 4.68. The van der Waals surface area contributed by atoms with Gasteiger partial charge in [0, 0.05) is 17.4 Å². The molecule has 1 aromatic heterocycles. The molecule has 0 N–H and O–H groups in total. The van der Waals surface area contributed by atoms with Gasteiger partial charge in [0.25, 0.3) is 5.56 Å². The summed E-state index contributed by atoms with van der Waals surface area (Å²) in [7, 11) is 0. The Hall–Kier alpha value is -3.62. The molecular weight excluding hydrogens is 390 g/mol. The lowest BCUT2D eigenvalue weighted by molar-refractivity contribution is 0.647. The van der Waals surface area contributed by atoms with Crippen LogP contribution in [0.4, 0.5) is 0 Å². The number of benzene rings is 3. The molecule has 0 atom stereocenters. The number of thioether (sulfide) groups is 1. The lowest BCUT2D eigenvalue weighted by Gasteiger charge is -2.14. The van der Waals surface area contributed by atoms with E-state index in [0.717, 1.165) is 16.9 Å². The quantitative estimate of drug-likeness (QED) is 0.327. The predicted octanol–water partition coefficient (Wildman–Crippen LogP) is 5.12. The van der Waals surface area contributed by atoms with Crippen molar-refractivity contribution in [2.45, 2.75) is 17.5 Å². The van der Waals surface area contributed by atoms with E-state index in [1.807, 2.05) is 60.7 Å². The highest BCUT2D eigenvalue weighted by Gasteiger charge is 2.12. The van der Waals surface area contributed by atoms with Gasteiger partial charge in [-0.25, -0.2) is 4.98 Å². The molecule has 0 radical (unpaired) electrons. The second kappa shape index (κ2) is 9.25. The fraction of sp³-hybridized carbons (Fsp3) is 0.0800. The monoisotopic (exact) mass is 409 g/mol. The van der Waals surface area contributed by atoms with Gasteiger partial charge in [-0.1, -0.05) is 84.6 Å². The first-order chi connectivity index (χ1) is 14.7. The molecule has 0 saturated carbocycles.